The van der Waals surface area contributed by atoms with E-state index < -0.39 is 12.2 Å². The van der Waals surface area contributed by atoms with E-state index in [-0.39, 0.29) is 17.1 Å². The van der Waals surface area contributed by atoms with Gasteiger partial charge in [0, 0.05) is 11.1 Å². The summed E-state index contributed by atoms with van der Waals surface area (Å²) in [6.45, 7) is 1.71. The number of ether oxygens (including phenoxy) is 1. The molecule has 0 unspecified atom stereocenters. The number of nitriles is 1. The molecule has 2 N–H and O–H groups in total. The van der Waals surface area contributed by atoms with Crippen molar-refractivity contribution < 1.29 is 22.3 Å². The number of halogens is 4. The van der Waals surface area contributed by atoms with E-state index in [0.717, 1.165) is 12.1 Å². The highest BCUT2D eigenvalue weighted by molar-refractivity contribution is 5.84. The average Bonchev–Trinajstić information content (AvgIpc) is 2.63. The van der Waals surface area contributed by atoms with Crippen LogP contribution in [0.5, 0.6) is 5.75 Å². The first-order valence-electron chi connectivity index (χ1n) is 8.02. The number of nitrogens with zero attached hydrogens (tertiary/aromatic N) is 2. The van der Waals surface area contributed by atoms with Crippen LogP contribution >= 0.6 is 0 Å². The smallest absolute Gasteiger partial charge is 0.406 e. The molecule has 1 aromatic heterocycles. The Bertz CT molecular complexity index is 1050. The lowest BCUT2D eigenvalue weighted by molar-refractivity contribution is -0.274. The number of anilines is 1. The predicted octanol–water partition coefficient (Wildman–Crippen LogP) is 5.22. The van der Waals surface area contributed by atoms with Crippen molar-refractivity contribution in [1.29, 1.82) is 5.26 Å². The van der Waals surface area contributed by atoms with E-state index in [1.807, 2.05) is 6.07 Å². The van der Waals surface area contributed by atoms with Crippen LogP contribution in [-0.2, 0) is 0 Å². The lowest BCUT2D eigenvalue weighted by Crippen LogP contribution is -2.16. The van der Waals surface area contributed by atoms with Gasteiger partial charge in [0.1, 0.15) is 29.0 Å². The van der Waals surface area contributed by atoms with E-state index >= 15 is 0 Å². The van der Waals surface area contributed by atoms with Gasteiger partial charge in [-0.05, 0) is 54.4 Å². The fourth-order valence-electron chi connectivity index (χ4n) is 2.88. The second-order valence-electron chi connectivity index (χ2n) is 5.91. The Morgan fingerprint density at radius 2 is 1.57 bits per heavy atom. The summed E-state index contributed by atoms with van der Waals surface area (Å²) in [7, 11) is 0. The maximum atomic E-state index is 13.2. The van der Waals surface area contributed by atoms with Crippen molar-refractivity contribution in [1.82, 2.24) is 4.98 Å². The Balaban J connectivity index is 2.14. The zero-order valence-electron chi connectivity index (χ0n) is 14.5. The summed E-state index contributed by atoms with van der Waals surface area (Å²) in [5.41, 5.74) is 8.58. The van der Waals surface area contributed by atoms with Gasteiger partial charge in [0.05, 0.1) is 5.69 Å². The van der Waals surface area contributed by atoms with Gasteiger partial charge in [-0.1, -0.05) is 12.1 Å². The standard InChI is InChI=1S/C20H13F4N3O/c1-11-17(12-4-8-15(9-5-12)28-20(22,23)24)16(10-25)19(26)27-18(11)13-2-6-14(21)7-3-13/h2-9H,1H3,(H2,26,27). The Kier molecular flexibility index (Phi) is 4.92. The van der Waals surface area contributed by atoms with Crippen LogP contribution in [0, 0.1) is 24.1 Å². The molecule has 0 aliphatic heterocycles. The van der Waals surface area contributed by atoms with Crippen molar-refractivity contribution in [3.8, 4) is 34.2 Å². The van der Waals surface area contributed by atoms with Crippen LogP contribution in [0.3, 0.4) is 0 Å². The minimum absolute atomic E-state index is 0.0296. The fourth-order valence-corrected chi connectivity index (χ4v) is 2.88. The number of nitrogen functional groups attached to an aromatic ring is 1. The van der Waals surface area contributed by atoms with E-state index in [1.165, 1.54) is 36.4 Å². The average molecular weight is 387 g/mol. The summed E-state index contributed by atoms with van der Waals surface area (Å²) in [6.07, 6.45) is -4.80. The van der Waals surface area contributed by atoms with Gasteiger partial charge < -0.3 is 10.5 Å². The third kappa shape index (κ3) is 3.88. The predicted molar refractivity (Wildman–Crippen MR) is 95.6 cm³/mol. The highest BCUT2D eigenvalue weighted by Gasteiger charge is 2.31. The first-order valence-corrected chi connectivity index (χ1v) is 8.02. The second kappa shape index (κ2) is 7.19. The first kappa shape index (κ1) is 19.2. The molecule has 0 saturated carbocycles. The molecule has 0 bridgehead atoms. The molecular formula is C20H13F4N3O. The van der Waals surface area contributed by atoms with Crippen LogP contribution in [0.2, 0.25) is 0 Å². The minimum atomic E-state index is -4.80. The quantitative estimate of drug-likeness (QED) is 0.626. The normalized spacial score (nSPS) is 11.1. The van der Waals surface area contributed by atoms with E-state index in [0.29, 0.717) is 27.9 Å². The highest BCUT2D eigenvalue weighted by Crippen LogP contribution is 2.36. The topological polar surface area (TPSA) is 71.9 Å². The third-order valence-corrected chi connectivity index (χ3v) is 4.07. The number of alkyl halides is 3. The maximum Gasteiger partial charge on any atom is 0.573 e. The number of pyridine rings is 1. The van der Waals surface area contributed by atoms with E-state index in [9.17, 15) is 22.8 Å². The van der Waals surface area contributed by atoms with Crippen LogP contribution < -0.4 is 10.5 Å². The zero-order chi connectivity index (χ0) is 20.5. The van der Waals surface area contributed by atoms with Gasteiger partial charge in [-0.3, -0.25) is 0 Å². The summed E-state index contributed by atoms with van der Waals surface area (Å²) in [6, 6.07) is 12.7. The van der Waals surface area contributed by atoms with Crippen molar-refractivity contribution >= 4 is 5.82 Å². The lowest BCUT2D eigenvalue weighted by Gasteiger charge is -2.16. The summed E-state index contributed by atoms with van der Waals surface area (Å²) in [5, 5.41) is 9.50. The molecule has 0 aliphatic carbocycles. The van der Waals surface area contributed by atoms with Crippen molar-refractivity contribution in [3.05, 3.63) is 65.5 Å². The van der Waals surface area contributed by atoms with Gasteiger partial charge >= 0.3 is 6.36 Å². The monoisotopic (exact) mass is 387 g/mol. The molecule has 0 aliphatic rings. The molecule has 8 heteroatoms. The number of nitrogens with two attached hydrogens (primary N) is 1. The zero-order valence-corrected chi connectivity index (χ0v) is 14.5. The van der Waals surface area contributed by atoms with E-state index in [1.54, 1.807) is 6.92 Å². The van der Waals surface area contributed by atoms with Gasteiger partial charge in [0.2, 0.25) is 0 Å². The molecule has 2 aromatic carbocycles. The van der Waals surface area contributed by atoms with Gasteiger partial charge in [0.25, 0.3) is 0 Å². The maximum absolute atomic E-state index is 13.2. The summed E-state index contributed by atoms with van der Waals surface area (Å²) in [5.74, 6) is -0.824. The Hall–Kier alpha value is -3.60. The van der Waals surface area contributed by atoms with Crippen molar-refractivity contribution in [2.75, 3.05) is 5.73 Å². The van der Waals surface area contributed by atoms with Crippen LogP contribution in [0.1, 0.15) is 11.1 Å². The van der Waals surface area contributed by atoms with Crippen LogP contribution in [0.25, 0.3) is 22.4 Å². The Morgan fingerprint density at radius 1 is 1.00 bits per heavy atom. The summed E-state index contributed by atoms with van der Waals surface area (Å²) in [4.78, 5) is 4.25. The molecular weight excluding hydrogens is 374 g/mol. The molecule has 3 aromatic rings. The third-order valence-electron chi connectivity index (χ3n) is 4.07. The van der Waals surface area contributed by atoms with Crippen LogP contribution in [0.4, 0.5) is 23.4 Å². The van der Waals surface area contributed by atoms with Crippen molar-refractivity contribution in [2.24, 2.45) is 0 Å². The minimum Gasteiger partial charge on any atom is -0.406 e. The van der Waals surface area contributed by atoms with Crippen molar-refractivity contribution in [3.63, 3.8) is 0 Å². The second-order valence-corrected chi connectivity index (χ2v) is 5.91. The van der Waals surface area contributed by atoms with Gasteiger partial charge in [-0.15, -0.1) is 13.2 Å². The van der Waals surface area contributed by atoms with Gasteiger partial charge in [-0.25, -0.2) is 9.37 Å². The number of hydrogen-bond donors (Lipinski definition) is 1. The molecule has 0 amide bonds. The Labute approximate surface area is 157 Å². The van der Waals surface area contributed by atoms with E-state index in [4.69, 9.17) is 5.73 Å². The molecule has 1 heterocycles. The summed E-state index contributed by atoms with van der Waals surface area (Å²) < 4.78 is 54.1. The summed E-state index contributed by atoms with van der Waals surface area (Å²) >= 11 is 0. The molecule has 0 atom stereocenters. The largest absolute Gasteiger partial charge is 0.573 e. The number of rotatable bonds is 3. The van der Waals surface area contributed by atoms with Crippen LogP contribution in [0.15, 0.2) is 48.5 Å². The van der Waals surface area contributed by atoms with Crippen LogP contribution in [-0.4, -0.2) is 11.3 Å². The van der Waals surface area contributed by atoms with E-state index in [2.05, 4.69) is 9.72 Å². The number of hydrogen-bond acceptors (Lipinski definition) is 4. The molecule has 0 saturated heterocycles. The fraction of sp³-hybridized carbons (Fsp3) is 0.100. The molecule has 0 spiro atoms. The van der Waals surface area contributed by atoms with Gasteiger partial charge in [-0.2, -0.15) is 5.26 Å². The number of aromatic nitrogens is 1. The highest BCUT2D eigenvalue weighted by atomic mass is 19.4. The first-order chi connectivity index (χ1) is 13.2. The SMILES string of the molecule is Cc1c(-c2ccc(F)cc2)nc(N)c(C#N)c1-c1ccc(OC(F)(F)F)cc1. The van der Waals surface area contributed by atoms with Crippen molar-refractivity contribution in [2.45, 2.75) is 13.3 Å². The van der Waals surface area contributed by atoms with Gasteiger partial charge in [0.15, 0.2) is 0 Å². The molecule has 0 radical (unpaired) electrons. The molecule has 0 fully saturated rings. The molecule has 28 heavy (non-hydrogen) atoms. The molecule has 3 rings (SSSR count). The lowest BCUT2D eigenvalue weighted by atomic mass is 9.93. The molecule has 4 nitrogen and oxygen atoms in total. The Morgan fingerprint density at radius 3 is 2.11 bits per heavy atom. The number of benzene rings is 2. The molecule has 142 valence electrons.